The van der Waals surface area contributed by atoms with Gasteiger partial charge in [-0.25, -0.2) is 0 Å². The van der Waals surface area contributed by atoms with Crippen LogP contribution in [0.25, 0.3) is 0 Å². The van der Waals surface area contributed by atoms with Crippen LogP contribution in [0.15, 0.2) is 42.5 Å². The maximum Gasteiger partial charge on any atom is 0.306 e. The van der Waals surface area contributed by atoms with E-state index in [1.165, 1.54) is 12.1 Å². The third-order valence-corrected chi connectivity index (χ3v) is 5.30. The average Bonchev–Trinajstić information content (AvgIpc) is 2.72. The summed E-state index contributed by atoms with van der Waals surface area (Å²) in [6.45, 7) is 3.83. The minimum atomic E-state index is -3.64. The fraction of sp³-hybridized carbons (Fsp3) is 0.391. The topological polar surface area (TPSA) is 99.2 Å². The van der Waals surface area contributed by atoms with Crippen LogP contribution in [0.2, 0.25) is 0 Å². The monoisotopic (exact) mass is 461 g/mol. The number of rotatable bonds is 10. The van der Waals surface area contributed by atoms with E-state index in [0.29, 0.717) is 23.7 Å². The smallest absolute Gasteiger partial charge is 0.306 e. The molecule has 0 aliphatic carbocycles. The van der Waals surface area contributed by atoms with Gasteiger partial charge in [0.15, 0.2) is 18.5 Å². The summed E-state index contributed by atoms with van der Waals surface area (Å²) in [7, 11) is -3.64. The van der Waals surface area contributed by atoms with Crippen LogP contribution in [0.3, 0.4) is 0 Å². The summed E-state index contributed by atoms with van der Waals surface area (Å²) >= 11 is 0. The summed E-state index contributed by atoms with van der Waals surface area (Å²) in [6.07, 6.45) is 4.23. The summed E-state index contributed by atoms with van der Waals surface area (Å²) in [6, 6.07) is 12.2. The molecule has 0 aromatic heterocycles. The van der Waals surface area contributed by atoms with Crippen molar-refractivity contribution < 1.29 is 31.7 Å². The van der Waals surface area contributed by atoms with Crippen molar-refractivity contribution in [3.63, 3.8) is 0 Å². The van der Waals surface area contributed by atoms with Gasteiger partial charge < -0.3 is 18.6 Å². The van der Waals surface area contributed by atoms with E-state index in [-0.39, 0.29) is 18.3 Å². The second-order valence-corrected chi connectivity index (χ2v) is 9.75. The number of amides is 1. The molecule has 0 radical (unpaired) electrons. The van der Waals surface area contributed by atoms with Crippen LogP contribution in [-0.2, 0) is 26.1 Å². The Labute approximate surface area is 188 Å². The lowest BCUT2D eigenvalue weighted by molar-refractivity contribution is -0.121. The number of fused-ring (bicyclic) bond motifs is 1. The van der Waals surface area contributed by atoms with Crippen molar-refractivity contribution in [2.45, 2.75) is 38.7 Å². The first-order valence-electron chi connectivity index (χ1n) is 10.3. The SMILES string of the molecule is CC(C)(C=O)Oc1ccc(CCCCN2C(=O)COc3cc(OS(C)(=O)=O)ccc32)cc1. The van der Waals surface area contributed by atoms with Crippen LogP contribution in [0, 0.1) is 0 Å². The lowest BCUT2D eigenvalue weighted by Crippen LogP contribution is -2.39. The number of nitrogens with zero attached hydrogens (tertiary/aromatic N) is 1. The number of anilines is 1. The maximum absolute atomic E-state index is 12.3. The third-order valence-electron chi connectivity index (χ3n) is 4.81. The molecule has 2 aromatic rings. The van der Waals surface area contributed by atoms with Crippen molar-refractivity contribution in [3.05, 3.63) is 48.0 Å². The number of carbonyl (C=O) groups is 2. The van der Waals surface area contributed by atoms with Gasteiger partial charge in [0, 0.05) is 12.6 Å². The lowest BCUT2D eigenvalue weighted by atomic mass is 10.1. The predicted molar refractivity (Wildman–Crippen MR) is 120 cm³/mol. The summed E-state index contributed by atoms with van der Waals surface area (Å²) in [4.78, 5) is 25.0. The second-order valence-electron chi connectivity index (χ2n) is 8.18. The molecule has 0 spiro atoms. The molecular weight excluding hydrogens is 434 g/mol. The quantitative estimate of drug-likeness (QED) is 0.304. The Bertz CT molecular complexity index is 1080. The molecule has 1 amide bonds. The number of aryl methyl sites for hydroxylation is 1. The molecule has 0 N–H and O–H groups in total. The van der Waals surface area contributed by atoms with E-state index in [0.717, 1.165) is 37.4 Å². The number of aldehydes is 1. The Morgan fingerprint density at radius 2 is 1.78 bits per heavy atom. The largest absolute Gasteiger partial charge is 0.481 e. The zero-order chi connectivity index (χ0) is 23.4. The van der Waals surface area contributed by atoms with E-state index in [1.54, 1.807) is 24.8 Å². The highest BCUT2D eigenvalue weighted by atomic mass is 32.2. The minimum absolute atomic E-state index is 0.103. The highest BCUT2D eigenvalue weighted by molar-refractivity contribution is 7.86. The number of hydrogen-bond donors (Lipinski definition) is 0. The Hall–Kier alpha value is -3.07. The van der Waals surface area contributed by atoms with Gasteiger partial charge in [-0.05, 0) is 62.9 Å². The van der Waals surface area contributed by atoms with E-state index < -0.39 is 15.7 Å². The molecule has 0 unspecified atom stereocenters. The molecule has 32 heavy (non-hydrogen) atoms. The Kier molecular flexibility index (Phi) is 7.08. The lowest BCUT2D eigenvalue weighted by Gasteiger charge is -2.29. The summed E-state index contributed by atoms with van der Waals surface area (Å²) in [5.41, 5.74) is 0.874. The molecule has 0 fully saturated rings. The van der Waals surface area contributed by atoms with Gasteiger partial charge in [-0.15, -0.1) is 0 Å². The van der Waals surface area contributed by atoms with Gasteiger partial charge in [-0.1, -0.05) is 12.1 Å². The molecule has 9 heteroatoms. The van der Waals surface area contributed by atoms with Crippen molar-refractivity contribution in [1.29, 1.82) is 0 Å². The highest BCUT2D eigenvalue weighted by Gasteiger charge is 2.26. The van der Waals surface area contributed by atoms with Crippen molar-refractivity contribution in [2.24, 2.45) is 0 Å². The standard InChI is InChI=1S/C23H27NO7S/c1-23(2,16-25)30-18-9-7-17(8-10-18)6-4-5-13-24-20-12-11-19(31-32(3,27)28)14-21(20)29-15-22(24)26/h7-12,14,16H,4-6,13,15H2,1-3H3. The number of ether oxygens (including phenoxy) is 2. The first-order chi connectivity index (χ1) is 15.1. The van der Waals surface area contributed by atoms with Crippen LogP contribution in [0.1, 0.15) is 32.3 Å². The fourth-order valence-electron chi connectivity index (χ4n) is 3.31. The summed E-state index contributed by atoms with van der Waals surface area (Å²) < 4.78 is 38.6. The first kappa shape index (κ1) is 23.6. The molecular formula is C23H27NO7S. The van der Waals surface area contributed by atoms with Gasteiger partial charge in [0.1, 0.15) is 17.2 Å². The number of benzene rings is 2. The minimum Gasteiger partial charge on any atom is -0.481 e. The Balaban J connectivity index is 1.55. The fourth-order valence-corrected chi connectivity index (χ4v) is 3.76. The molecule has 1 aliphatic heterocycles. The predicted octanol–water partition coefficient (Wildman–Crippen LogP) is 3.13. The van der Waals surface area contributed by atoms with Crippen LogP contribution < -0.4 is 18.6 Å². The highest BCUT2D eigenvalue weighted by Crippen LogP contribution is 2.36. The van der Waals surface area contributed by atoms with Crippen molar-refractivity contribution in [2.75, 3.05) is 24.3 Å². The third kappa shape index (κ3) is 6.46. The van der Waals surface area contributed by atoms with E-state index in [2.05, 4.69) is 0 Å². The molecule has 172 valence electrons. The zero-order valence-corrected chi connectivity index (χ0v) is 19.2. The second kappa shape index (κ2) is 9.60. The van der Waals surface area contributed by atoms with Crippen LogP contribution >= 0.6 is 0 Å². The van der Waals surface area contributed by atoms with Crippen molar-refractivity contribution >= 4 is 28.0 Å². The van der Waals surface area contributed by atoms with Gasteiger partial charge in [-0.2, -0.15) is 8.42 Å². The Morgan fingerprint density at radius 3 is 2.44 bits per heavy atom. The summed E-state index contributed by atoms with van der Waals surface area (Å²) in [5, 5.41) is 0. The van der Waals surface area contributed by atoms with Gasteiger partial charge in [0.2, 0.25) is 0 Å². The molecule has 0 bridgehead atoms. The average molecular weight is 462 g/mol. The molecule has 1 heterocycles. The molecule has 0 atom stereocenters. The van der Waals surface area contributed by atoms with Gasteiger partial charge >= 0.3 is 10.1 Å². The summed E-state index contributed by atoms with van der Waals surface area (Å²) in [5.74, 6) is 1.05. The molecule has 8 nitrogen and oxygen atoms in total. The zero-order valence-electron chi connectivity index (χ0n) is 18.4. The van der Waals surface area contributed by atoms with E-state index >= 15 is 0 Å². The number of carbonyl (C=O) groups excluding carboxylic acids is 2. The number of hydrogen-bond acceptors (Lipinski definition) is 7. The van der Waals surface area contributed by atoms with E-state index in [4.69, 9.17) is 13.7 Å². The number of unbranched alkanes of at least 4 members (excludes halogenated alkanes) is 1. The Morgan fingerprint density at radius 1 is 1.09 bits per heavy atom. The molecule has 2 aromatic carbocycles. The van der Waals surface area contributed by atoms with Crippen molar-refractivity contribution in [1.82, 2.24) is 0 Å². The van der Waals surface area contributed by atoms with Crippen LogP contribution in [-0.4, -0.2) is 45.6 Å². The molecule has 0 saturated carbocycles. The normalized spacial score (nSPS) is 13.8. The van der Waals surface area contributed by atoms with Crippen molar-refractivity contribution in [3.8, 4) is 17.2 Å². The molecule has 3 rings (SSSR count). The van der Waals surface area contributed by atoms with Crippen LogP contribution in [0.4, 0.5) is 5.69 Å². The first-order valence-corrected chi connectivity index (χ1v) is 12.1. The van der Waals surface area contributed by atoms with Gasteiger partial charge in [0.05, 0.1) is 11.9 Å². The molecule has 1 aliphatic rings. The van der Waals surface area contributed by atoms with Crippen LogP contribution in [0.5, 0.6) is 17.2 Å². The maximum atomic E-state index is 12.3. The van der Waals surface area contributed by atoms with Gasteiger partial charge in [-0.3, -0.25) is 9.59 Å². The van der Waals surface area contributed by atoms with Gasteiger partial charge in [0.25, 0.3) is 5.91 Å². The molecule has 0 saturated heterocycles. The van der Waals surface area contributed by atoms with E-state index in [1.807, 2.05) is 24.3 Å². The van der Waals surface area contributed by atoms with E-state index in [9.17, 15) is 18.0 Å².